The maximum atomic E-state index is 12.3. The summed E-state index contributed by atoms with van der Waals surface area (Å²) in [6, 6.07) is 16.9. The van der Waals surface area contributed by atoms with Gasteiger partial charge in [-0.1, -0.05) is 54.1 Å². The predicted octanol–water partition coefficient (Wildman–Crippen LogP) is 4.61. The van der Waals surface area contributed by atoms with Crippen LogP contribution in [0.4, 0.5) is 0 Å². The van der Waals surface area contributed by atoms with Crippen LogP contribution in [0.2, 0.25) is 0 Å². The zero-order valence-corrected chi connectivity index (χ0v) is 14.4. The second-order valence-electron chi connectivity index (χ2n) is 6.58. The zero-order valence-electron chi connectivity index (χ0n) is 14.4. The Morgan fingerprint density at radius 3 is 2.54 bits per heavy atom. The molecule has 0 atom stereocenters. The molecule has 0 spiro atoms. The number of benzene rings is 2. The van der Waals surface area contributed by atoms with E-state index in [4.69, 9.17) is 0 Å². The van der Waals surface area contributed by atoms with Crippen LogP contribution in [0.1, 0.15) is 41.5 Å². The quantitative estimate of drug-likeness (QED) is 0.754. The van der Waals surface area contributed by atoms with Gasteiger partial charge in [0.15, 0.2) is 0 Å². The molecular weight excluding hydrogens is 294 g/mol. The van der Waals surface area contributed by atoms with Crippen molar-refractivity contribution in [2.75, 3.05) is 13.1 Å². The molecule has 3 rings (SSSR count). The number of hydrogen-bond donors (Lipinski definition) is 0. The molecule has 1 amide bonds. The van der Waals surface area contributed by atoms with E-state index in [2.05, 4.69) is 49.4 Å². The summed E-state index contributed by atoms with van der Waals surface area (Å²) in [6.45, 7) is 3.91. The number of likely N-dealkylation sites (tertiary alicyclic amines) is 1. The molecule has 2 aromatic rings. The number of piperidine rings is 1. The third-order valence-electron chi connectivity index (χ3n) is 4.61. The van der Waals surface area contributed by atoms with Gasteiger partial charge in [-0.15, -0.1) is 0 Å². The molecule has 1 aliphatic rings. The molecule has 24 heavy (non-hydrogen) atoms. The van der Waals surface area contributed by atoms with Gasteiger partial charge in [0.1, 0.15) is 0 Å². The van der Waals surface area contributed by atoms with Crippen molar-refractivity contribution >= 4 is 12.0 Å². The Hall–Kier alpha value is -2.35. The summed E-state index contributed by atoms with van der Waals surface area (Å²) in [5.41, 5.74) is 4.94. The SMILES string of the molecule is Cc1ccc(/C=C/C(=O)N2CCCCC2)c(Cc2ccccc2)c1. The van der Waals surface area contributed by atoms with Crippen LogP contribution < -0.4 is 0 Å². The Morgan fingerprint density at radius 1 is 1.04 bits per heavy atom. The molecule has 0 saturated carbocycles. The van der Waals surface area contributed by atoms with E-state index in [0.29, 0.717) is 0 Å². The van der Waals surface area contributed by atoms with Crippen LogP contribution >= 0.6 is 0 Å². The van der Waals surface area contributed by atoms with Crippen LogP contribution in [-0.2, 0) is 11.2 Å². The van der Waals surface area contributed by atoms with Gasteiger partial charge in [0.25, 0.3) is 0 Å². The van der Waals surface area contributed by atoms with Crippen LogP contribution in [0.3, 0.4) is 0 Å². The lowest BCUT2D eigenvalue weighted by Crippen LogP contribution is -2.34. The van der Waals surface area contributed by atoms with Gasteiger partial charge in [0, 0.05) is 19.2 Å². The maximum Gasteiger partial charge on any atom is 0.246 e. The number of aryl methyl sites for hydroxylation is 1. The first-order valence-electron chi connectivity index (χ1n) is 8.83. The number of hydrogen-bond acceptors (Lipinski definition) is 1. The Kier molecular flexibility index (Phi) is 5.47. The second-order valence-corrected chi connectivity index (χ2v) is 6.58. The van der Waals surface area contributed by atoms with Crippen molar-refractivity contribution in [2.24, 2.45) is 0 Å². The van der Waals surface area contributed by atoms with Crippen molar-refractivity contribution in [3.05, 3.63) is 76.9 Å². The molecule has 2 aromatic carbocycles. The highest BCUT2D eigenvalue weighted by molar-refractivity contribution is 5.92. The summed E-state index contributed by atoms with van der Waals surface area (Å²) in [5, 5.41) is 0. The standard InChI is InChI=1S/C22H25NO/c1-18-10-11-20(12-13-22(24)23-14-6-3-7-15-23)21(16-18)17-19-8-4-2-5-9-19/h2,4-5,8-13,16H,3,6-7,14-15,17H2,1H3/b13-12+. The summed E-state index contributed by atoms with van der Waals surface area (Å²) >= 11 is 0. The molecular formula is C22H25NO. The lowest BCUT2D eigenvalue weighted by Gasteiger charge is -2.25. The van der Waals surface area contributed by atoms with Gasteiger partial charge in [-0.05, 0) is 55.4 Å². The summed E-state index contributed by atoms with van der Waals surface area (Å²) in [6.07, 6.45) is 8.11. The minimum Gasteiger partial charge on any atom is -0.339 e. The third-order valence-corrected chi connectivity index (χ3v) is 4.61. The molecule has 1 heterocycles. The Bertz CT molecular complexity index is 712. The van der Waals surface area contributed by atoms with Gasteiger partial charge in [-0.25, -0.2) is 0 Å². The summed E-state index contributed by atoms with van der Waals surface area (Å²) in [4.78, 5) is 14.3. The van der Waals surface area contributed by atoms with Crippen molar-refractivity contribution in [3.63, 3.8) is 0 Å². The van der Waals surface area contributed by atoms with Crippen LogP contribution in [0, 0.1) is 6.92 Å². The summed E-state index contributed by atoms with van der Waals surface area (Å²) in [7, 11) is 0. The van der Waals surface area contributed by atoms with Crippen molar-refractivity contribution < 1.29 is 4.79 Å². The largest absolute Gasteiger partial charge is 0.339 e. The molecule has 0 aromatic heterocycles. The van der Waals surface area contributed by atoms with Crippen LogP contribution in [0.25, 0.3) is 6.08 Å². The van der Waals surface area contributed by atoms with Crippen molar-refractivity contribution in [1.82, 2.24) is 4.90 Å². The number of rotatable bonds is 4. The average Bonchev–Trinajstić information content (AvgIpc) is 2.62. The van der Waals surface area contributed by atoms with Gasteiger partial charge < -0.3 is 4.90 Å². The number of carbonyl (C=O) groups excluding carboxylic acids is 1. The van der Waals surface area contributed by atoms with Crippen LogP contribution in [0.15, 0.2) is 54.6 Å². The monoisotopic (exact) mass is 319 g/mol. The van der Waals surface area contributed by atoms with Gasteiger partial charge in [0.05, 0.1) is 0 Å². The van der Waals surface area contributed by atoms with E-state index in [1.54, 1.807) is 6.08 Å². The molecule has 2 nitrogen and oxygen atoms in total. The van der Waals surface area contributed by atoms with E-state index >= 15 is 0 Å². The second kappa shape index (κ2) is 7.96. The molecule has 0 aliphatic carbocycles. The smallest absolute Gasteiger partial charge is 0.246 e. The molecule has 1 fully saturated rings. The highest BCUT2D eigenvalue weighted by Crippen LogP contribution is 2.18. The highest BCUT2D eigenvalue weighted by Gasteiger charge is 2.13. The fourth-order valence-corrected chi connectivity index (χ4v) is 3.25. The lowest BCUT2D eigenvalue weighted by atomic mass is 9.97. The van der Waals surface area contributed by atoms with Gasteiger partial charge in [0.2, 0.25) is 5.91 Å². The fraction of sp³-hybridized carbons (Fsp3) is 0.318. The topological polar surface area (TPSA) is 20.3 Å². The van der Waals surface area contributed by atoms with E-state index in [-0.39, 0.29) is 5.91 Å². The van der Waals surface area contributed by atoms with Crippen LogP contribution in [-0.4, -0.2) is 23.9 Å². The third kappa shape index (κ3) is 4.35. The normalized spacial score (nSPS) is 15.0. The van der Waals surface area contributed by atoms with Crippen molar-refractivity contribution in [2.45, 2.75) is 32.6 Å². The molecule has 2 heteroatoms. The summed E-state index contributed by atoms with van der Waals surface area (Å²) < 4.78 is 0. The number of amides is 1. The van der Waals surface area contributed by atoms with Gasteiger partial charge in [-0.2, -0.15) is 0 Å². The lowest BCUT2D eigenvalue weighted by molar-refractivity contribution is -0.126. The Balaban J connectivity index is 1.77. The average molecular weight is 319 g/mol. The van der Waals surface area contributed by atoms with E-state index < -0.39 is 0 Å². The Morgan fingerprint density at radius 2 is 1.79 bits per heavy atom. The van der Waals surface area contributed by atoms with E-state index in [0.717, 1.165) is 37.9 Å². The first-order valence-corrected chi connectivity index (χ1v) is 8.83. The van der Waals surface area contributed by atoms with Crippen LogP contribution in [0.5, 0.6) is 0 Å². The first kappa shape index (κ1) is 16.5. The molecule has 0 unspecified atom stereocenters. The molecule has 0 N–H and O–H groups in total. The maximum absolute atomic E-state index is 12.3. The van der Waals surface area contributed by atoms with Gasteiger partial charge in [-0.3, -0.25) is 4.79 Å². The predicted molar refractivity (Wildman–Crippen MR) is 99.9 cm³/mol. The molecule has 1 aliphatic heterocycles. The number of carbonyl (C=O) groups is 1. The van der Waals surface area contributed by atoms with Crippen molar-refractivity contribution in [1.29, 1.82) is 0 Å². The minimum absolute atomic E-state index is 0.140. The fourth-order valence-electron chi connectivity index (χ4n) is 3.25. The van der Waals surface area contributed by atoms with Gasteiger partial charge >= 0.3 is 0 Å². The Labute approximate surface area is 144 Å². The van der Waals surface area contributed by atoms with E-state index in [1.807, 2.05) is 17.0 Å². The number of nitrogens with zero attached hydrogens (tertiary/aromatic N) is 1. The molecule has 0 bridgehead atoms. The van der Waals surface area contributed by atoms with Crippen molar-refractivity contribution in [3.8, 4) is 0 Å². The highest BCUT2D eigenvalue weighted by atomic mass is 16.2. The first-order chi connectivity index (χ1) is 11.7. The molecule has 1 saturated heterocycles. The zero-order chi connectivity index (χ0) is 16.8. The summed E-state index contributed by atoms with van der Waals surface area (Å²) in [5.74, 6) is 0.140. The van der Waals surface area contributed by atoms with E-state index in [1.165, 1.54) is 23.1 Å². The molecule has 0 radical (unpaired) electrons. The molecule has 124 valence electrons. The minimum atomic E-state index is 0.140. The van der Waals surface area contributed by atoms with E-state index in [9.17, 15) is 4.79 Å².